The fourth-order valence-electron chi connectivity index (χ4n) is 1.61. The van der Waals surface area contributed by atoms with Gasteiger partial charge < -0.3 is 14.4 Å². The van der Waals surface area contributed by atoms with Crippen LogP contribution in [0, 0.1) is 0 Å². The Labute approximate surface area is 94.7 Å². The molecule has 1 rings (SSSR count). The molecule has 0 aromatic heterocycles. The summed E-state index contributed by atoms with van der Waals surface area (Å²) < 4.78 is 10.2. The maximum atomic E-state index is 5.20. The molecule has 0 spiro atoms. The second-order valence-corrected chi connectivity index (χ2v) is 4.04. The van der Waals surface area contributed by atoms with Crippen molar-refractivity contribution in [2.24, 2.45) is 0 Å². The van der Waals surface area contributed by atoms with Crippen molar-refractivity contribution in [3.05, 3.63) is 0 Å². The van der Waals surface area contributed by atoms with Crippen LogP contribution in [-0.4, -0.2) is 50.5 Å². The van der Waals surface area contributed by atoms with Gasteiger partial charge in [-0.15, -0.1) is 0 Å². The van der Waals surface area contributed by atoms with Gasteiger partial charge in [0.25, 0.3) is 0 Å². The van der Waals surface area contributed by atoms with Crippen LogP contribution in [0.4, 0.5) is 0 Å². The molecule has 1 saturated heterocycles. The lowest BCUT2D eigenvalue weighted by Crippen LogP contribution is -2.22. The summed E-state index contributed by atoms with van der Waals surface area (Å²) in [5, 5.41) is 0. The van der Waals surface area contributed by atoms with E-state index in [0.29, 0.717) is 12.2 Å². The molecule has 0 unspecified atom stereocenters. The number of hydrogen-bond donors (Lipinski definition) is 0. The van der Waals surface area contributed by atoms with Crippen LogP contribution in [0.25, 0.3) is 0 Å². The van der Waals surface area contributed by atoms with Gasteiger partial charge in [-0.2, -0.15) is 0 Å². The Morgan fingerprint density at radius 1 is 1.33 bits per heavy atom. The molecule has 1 heterocycles. The zero-order valence-electron chi connectivity index (χ0n) is 11.0. The molecule has 0 N–H and O–H groups in total. The number of likely N-dealkylation sites (N-methyl/N-ethyl adjacent to an activating group) is 1. The predicted octanol–water partition coefficient (Wildman–Crippen LogP) is 2.16. The molecular formula is C12H27NO2. The molecule has 3 nitrogen and oxygen atoms in total. The summed E-state index contributed by atoms with van der Waals surface area (Å²) in [7, 11) is 1.80. The highest BCUT2D eigenvalue weighted by Gasteiger charge is 2.19. The highest BCUT2D eigenvalue weighted by Crippen LogP contribution is 2.10. The lowest BCUT2D eigenvalue weighted by Gasteiger charge is -2.11. The van der Waals surface area contributed by atoms with Gasteiger partial charge in [0, 0.05) is 26.8 Å². The number of likely N-dealkylation sites (tertiary alicyclic amines) is 1. The van der Waals surface area contributed by atoms with Gasteiger partial charge in [0.15, 0.2) is 0 Å². The predicted molar refractivity (Wildman–Crippen MR) is 64.3 cm³/mol. The Morgan fingerprint density at radius 3 is 2.20 bits per heavy atom. The summed E-state index contributed by atoms with van der Waals surface area (Å²) in [6, 6.07) is 0. The summed E-state index contributed by atoms with van der Waals surface area (Å²) in [5.41, 5.74) is 0. The monoisotopic (exact) mass is 217 g/mol. The van der Waals surface area contributed by atoms with E-state index in [0.717, 1.165) is 13.2 Å². The minimum Gasteiger partial charge on any atom is -0.380 e. The molecule has 0 amide bonds. The van der Waals surface area contributed by atoms with E-state index in [9.17, 15) is 0 Å². The zero-order chi connectivity index (χ0) is 11.7. The molecule has 3 heteroatoms. The first-order chi connectivity index (χ1) is 7.13. The SMILES string of the molecule is CCN1CC[C@@H](OC)C1.CCOC(C)C. The molecule has 1 fully saturated rings. The zero-order valence-corrected chi connectivity index (χ0v) is 11.0. The Morgan fingerprint density at radius 2 is 2.00 bits per heavy atom. The second-order valence-electron chi connectivity index (χ2n) is 4.04. The van der Waals surface area contributed by atoms with Crippen LogP contribution in [0.5, 0.6) is 0 Å². The van der Waals surface area contributed by atoms with Crippen molar-refractivity contribution >= 4 is 0 Å². The van der Waals surface area contributed by atoms with Crippen molar-refractivity contribution in [1.29, 1.82) is 0 Å². The van der Waals surface area contributed by atoms with Crippen molar-refractivity contribution in [3.63, 3.8) is 0 Å². The van der Waals surface area contributed by atoms with Crippen LogP contribution in [0.15, 0.2) is 0 Å². The van der Waals surface area contributed by atoms with Gasteiger partial charge in [0.2, 0.25) is 0 Å². The molecular weight excluding hydrogens is 190 g/mol. The van der Waals surface area contributed by atoms with Gasteiger partial charge in [0.05, 0.1) is 12.2 Å². The Hall–Kier alpha value is -0.120. The van der Waals surface area contributed by atoms with Crippen molar-refractivity contribution in [1.82, 2.24) is 4.90 Å². The second kappa shape index (κ2) is 9.13. The van der Waals surface area contributed by atoms with Crippen molar-refractivity contribution < 1.29 is 9.47 Å². The molecule has 92 valence electrons. The molecule has 0 aliphatic carbocycles. The summed E-state index contributed by atoms with van der Waals surface area (Å²) in [6.07, 6.45) is 2.12. The molecule has 15 heavy (non-hydrogen) atoms. The fraction of sp³-hybridized carbons (Fsp3) is 1.00. The average molecular weight is 217 g/mol. The first-order valence-electron chi connectivity index (χ1n) is 6.00. The number of hydrogen-bond acceptors (Lipinski definition) is 3. The topological polar surface area (TPSA) is 21.7 Å². The Bertz CT molecular complexity index is 130. The maximum absolute atomic E-state index is 5.20. The third-order valence-corrected chi connectivity index (χ3v) is 2.51. The first kappa shape index (κ1) is 14.9. The van der Waals surface area contributed by atoms with E-state index < -0.39 is 0 Å². The van der Waals surface area contributed by atoms with Gasteiger partial charge in [-0.1, -0.05) is 6.92 Å². The number of ether oxygens (including phenoxy) is 2. The Balaban J connectivity index is 0.000000288. The minimum absolute atomic E-state index is 0.398. The van der Waals surface area contributed by atoms with Gasteiger partial charge >= 0.3 is 0 Å². The third kappa shape index (κ3) is 7.77. The molecule has 1 atom stereocenters. The van der Waals surface area contributed by atoms with Crippen molar-refractivity contribution in [2.75, 3.05) is 33.4 Å². The van der Waals surface area contributed by atoms with Crippen molar-refractivity contribution in [2.45, 2.75) is 46.3 Å². The smallest absolute Gasteiger partial charge is 0.0710 e. The molecule has 1 aliphatic rings. The van der Waals surface area contributed by atoms with Crippen LogP contribution < -0.4 is 0 Å². The maximum Gasteiger partial charge on any atom is 0.0710 e. The summed E-state index contributed by atoms with van der Waals surface area (Å²) in [4.78, 5) is 2.41. The van der Waals surface area contributed by atoms with E-state index in [1.807, 2.05) is 20.8 Å². The van der Waals surface area contributed by atoms with Crippen LogP contribution in [0.3, 0.4) is 0 Å². The quantitative estimate of drug-likeness (QED) is 0.720. The van der Waals surface area contributed by atoms with E-state index in [2.05, 4.69) is 11.8 Å². The van der Waals surface area contributed by atoms with E-state index >= 15 is 0 Å². The molecule has 1 aliphatic heterocycles. The van der Waals surface area contributed by atoms with Crippen LogP contribution in [0.2, 0.25) is 0 Å². The molecule has 0 aromatic rings. The number of methoxy groups -OCH3 is 1. The highest BCUT2D eigenvalue weighted by molar-refractivity contribution is 4.73. The lowest BCUT2D eigenvalue weighted by molar-refractivity contribution is 0.0899. The highest BCUT2D eigenvalue weighted by atomic mass is 16.5. The first-order valence-corrected chi connectivity index (χ1v) is 6.00. The van der Waals surface area contributed by atoms with Crippen LogP contribution >= 0.6 is 0 Å². The van der Waals surface area contributed by atoms with E-state index in [-0.39, 0.29) is 0 Å². The van der Waals surface area contributed by atoms with Gasteiger partial charge in [-0.3, -0.25) is 0 Å². The van der Waals surface area contributed by atoms with Gasteiger partial charge in [-0.05, 0) is 33.7 Å². The average Bonchev–Trinajstić information content (AvgIpc) is 2.66. The van der Waals surface area contributed by atoms with Crippen LogP contribution in [-0.2, 0) is 9.47 Å². The molecule has 0 radical (unpaired) electrons. The van der Waals surface area contributed by atoms with Gasteiger partial charge in [0.1, 0.15) is 0 Å². The summed E-state index contributed by atoms with van der Waals surface area (Å²) in [6.45, 7) is 12.6. The molecule has 0 aromatic carbocycles. The lowest BCUT2D eigenvalue weighted by atomic mass is 10.3. The normalized spacial score (nSPS) is 21.6. The fourth-order valence-corrected chi connectivity index (χ4v) is 1.61. The molecule has 0 saturated carbocycles. The van der Waals surface area contributed by atoms with Crippen LogP contribution in [0.1, 0.15) is 34.1 Å². The summed E-state index contributed by atoms with van der Waals surface area (Å²) in [5.74, 6) is 0. The van der Waals surface area contributed by atoms with Crippen molar-refractivity contribution in [3.8, 4) is 0 Å². The molecule has 0 bridgehead atoms. The number of nitrogens with zero attached hydrogens (tertiary/aromatic N) is 1. The van der Waals surface area contributed by atoms with E-state index in [1.54, 1.807) is 7.11 Å². The standard InChI is InChI=1S/C7H15NO.C5H12O/c1-3-8-5-4-7(6-8)9-2;1-4-6-5(2)3/h7H,3-6H2,1-2H3;5H,4H2,1-3H3/t7-;/m1./s1. The van der Waals surface area contributed by atoms with Gasteiger partial charge in [-0.25, -0.2) is 0 Å². The number of rotatable bonds is 4. The third-order valence-electron chi connectivity index (χ3n) is 2.51. The minimum atomic E-state index is 0.398. The van der Waals surface area contributed by atoms with E-state index in [1.165, 1.54) is 19.5 Å². The largest absolute Gasteiger partial charge is 0.380 e. The summed E-state index contributed by atoms with van der Waals surface area (Å²) >= 11 is 0. The Kier molecular flexibility index (Phi) is 9.06. The van der Waals surface area contributed by atoms with E-state index in [4.69, 9.17) is 9.47 Å².